The SMILES string of the molecule is CCOc1ccccc1C(=O)NCC(=O)N1CC2CCC(N)C2C1. The lowest BCUT2D eigenvalue weighted by Gasteiger charge is -2.19. The zero-order chi connectivity index (χ0) is 17.1. The zero-order valence-electron chi connectivity index (χ0n) is 14.0. The molecule has 3 N–H and O–H groups in total. The third kappa shape index (κ3) is 3.38. The molecule has 1 heterocycles. The van der Waals surface area contributed by atoms with Gasteiger partial charge in [0.15, 0.2) is 0 Å². The smallest absolute Gasteiger partial charge is 0.255 e. The van der Waals surface area contributed by atoms with Gasteiger partial charge in [-0.3, -0.25) is 9.59 Å². The molecular formula is C18H25N3O3. The first kappa shape index (κ1) is 16.8. The van der Waals surface area contributed by atoms with Gasteiger partial charge in [-0.2, -0.15) is 0 Å². The van der Waals surface area contributed by atoms with Crippen molar-refractivity contribution in [2.24, 2.45) is 17.6 Å². The zero-order valence-corrected chi connectivity index (χ0v) is 14.0. The standard InChI is InChI=1S/C18H25N3O3/c1-2-24-16-6-4-3-5-13(16)18(23)20-9-17(22)21-10-12-7-8-15(19)14(12)11-21/h3-6,12,14-15H,2,7-11,19H2,1H3,(H,20,23). The Morgan fingerprint density at radius 3 is 2.83 bits per heavy atom. The maximum atomic E-state index is 12.4. The van der Waals surface area contributed by atoms with Crippen molar-refractivity contribution in [2.45, 2.75) is 25.8 Å². The van der Waals surface area contributed by atoms with Gasteiger partial charge in [0.2, 0.25) is 5.91 Å². The van der Waals surface area contributed by atoms with Crippen LogP contribution in [0.5, 0.6) is 5.75 Å². The molecule has 3 unspecified atom stereocenters. The van der Waals surface area contributed by atoms with Crippen LogP contribution < -0.4 is 15.8 Å². The number of nitrogens with two attached hydrogens (primary N) is 1. The van der Waals surface area contributed by atoms with Crippen molar-refractivity contribution in [3.8, 4) is 5.75 Å². The fraction of sp³-hybridized carbons (Fsp3) is 0.556. The number of para-hydroxylation sites is 1. The molecule has 0 aromatic heterocycles. The predicted octanol–water partition coefficient (Wildman–Crippen LogP) is 1.01. The first-order valence-corrected chi connectivity index (χ1v) is 8.63. The molecule has 0 radical (unpaired) electrons. The Balaban J connectivity index is 1.54. The molecule has 3 atom stereocenters. The summed E-state index contributed by atoms with van der Waals surface area (Å²) in [5, 5.41) is 2.71. The van der Waals surface area contributed by atoms with Gasteiger partial charge in [-0.05, 0) is 43.7 Å². The van der Waals surface area contributed by atoms with Gasteiger partial charge in [-0.15, -0.1) is 0 Å². The first-order valence-electron chi connectivity index (χ1n) is 8.63. The van der Waals surface area contributed by atoms with Crippen molar-refractivity contribution in [3.05, 3.63) is 29.8 Å². The van der Waals surface area contributed by atoms with Crippen molar-refractivity contribution in [3.63, 3.8) is 0 Å². The van der Waals surface area contributed by atoms with Crippen LogP contribution in [0.1, 0.15) is 30.1 Å². The Bertz CT molecular complexity index is 619. The van der Waals surface area contributed by atoms with Crippen LogP contribution in [0, 0.1) is 11.8 Å². The number of nitrogens with one attached hydrogen (secondary N) is 1. The van der Waals surface area contributed by atoms with E-state index in [0.29, 0.717) is 29.8 Å². The lowest BCUT2D eigenvalue weighted by atomic mass is 9.98. The molecule has 1 saturated carbocycles. The highest BCUT2D eigenvalue weighted by Gasteiger charge is 2.42. The van der Waals surface area contributed by atoms with Crippen LogP contribution in [-0.4, -0.2) is 49.0 Å². The van der Waals surface area contributed by atoms with Gasteiger partial charge in [0.25, 0.3) is 5.91 Å². The van der Waals surface area contributed by atoms with Crippen LogP contribution in [0.3, 0.4) is 0 Å². The van der Waals surface area contributed by atoms with E-state index in [4.69, 9.17) is 10.5 Å². The highest BCUT2D eigenvalue weighted by molar-refractivity contribution is 5.98. The van der Waals surface area contributed by atoms with Gasteiger partial charge in [-0.25, -0.2) is 0 Å². The molecule has 2 amide bonds. The second-order valence-electron chi connectivity index (χ2n) is 6.58. The summed E-state index contributed by atoms with van der Waals surface area (Å²) in [6.45, 7) is 3.85. The molecule has 6 heteroatoms. The predicted molar refractivity (Wildman–Crippen MR) is 90.7 cm³/mol. The molecular weight excluding hydrogens is 306 g/mol. The normalized spacial score (nSPS) is 25.4. The monoisotopic (exact) mass is 331 g/mol. The molecule has 0 bridgehead atoms. The molecule has 2 aliphatic rings. The number of carbonyl (C=O) groups is 2. The quantitative estimate of drug-likeness (QED) is 0.843. The number of fused-ring (bicyclic) bond motifs is 1. The maximum Gasteiger partial charge on any atom is 0.255 e. The molecule has 1 aromatic carbocycles. The number of nitrogens with zero attached hydrogens (tertiary/aromatic N) is 1. The Morgan fingerprint density at radius 2 is 2.08 bits per heavy atom. The summed E-state index contributed by atoms with van der Waals surface area (Å²) in [7, 11) is 0. The minimum Gasteiger partial charge on any atom is -0.493 e. The summed E-state index contributed by atoms with van der Waals surface area (Å²) >= 11 is 0. The molecule has 3 rings (SSSR count). The molecule has 2 fully saturated rings. The Hall–Kier alpha value is -2.08. The molecule has 1 aliphatic carbocycles. The van der Waals surface area contributed by atoms with E-state index in [2.05, 4.69) is 5.32 Å². The maximum absolute atomic E-state index is 12.4. The lowest BCUT2D eigenvalue weighted by Crippen LogP contribution is -2.40. The van der Waals surface area contributed by atoms with Crippen LogP contribution in [0.4, 0.5) is 0 Å². The third-order valence-corrected chi connectivity index (χ3v) is 5.10. The van der Waals surface area contributed by atoms with E-state index in [1.807, 2.05) is 17.9 Å². The summed E-state index contributed by atoms with van der Waals surface area (Å²) in [6.07, 6.45) is 2.16. The summed E-state index contributed by atoms with van der Waals surface area (Å²) in [5.74, 6) is 1.15. The van der Waals surface area contributed by atoms with Crippen molar-refractivity contribution in [1.82, 2.24) is 10.2 Å². The van der Waals surface area contributed by atoms with Crippen molar-refractivity contribution in [1.29, 1.82) is 0 Å². The summed E-state index contributed by atoms with van der Waals surface area (Å²) < 4.78 is 5.46. The average Bonchev–Trinajstić information content (AvgIpc) is 3.16. The van der Waals surface area contributed by atoms with E-state index in [1.54, 1.807) is 18.2 Å². The highest BCUT2D eigenvalue weighted by Crippen LogP contribution is 2.36. The molecule has 1 aliphatic heterocycles. The van der Waals surface area contributed by atoms with Gasteiger partial charge >= 0.3 is 0 Å². The Labute approximate surface area is 142 Å². The summed E-state index contributed by atoms with van der Waals surface area (Å²) in [6, 6.07) is 7.26. The molecule has 1 aromatic rings. The second kappa shape index (κ2) is 7.21. The van der Waals surface area contributed by atoms with Crippen molar-refractivity contribution >= 4 is 11.8 Å². The second-order valence-corrected chi connectivity index (χ2v) is 6.58. The van der Waals surface area contributed by atoms with E-state index in [9.17, 15) is 9.59 Å². The van der Waals surface area contributed by atoms with E-state index in [1.165, 1.54) is 0 Å². The number of benzene rings is 1. The van der Waals surface area contributed by atoms with Crippen LogP contribution in [0.2, 0.25) is 0 Å². The largest absolute Gasteiger partial charge is 0.493 e. The minimum atomic E-state index is -0.288. The van der Waals surface area contributed by atoms with Crippen molar-refractivity contribution < 1.29 is 14.3 Å². The topological polar surface area (TPSA) is 84.7 Å². The van der Waals surface area contributed by atoms with Crippen LogP contribution in [-0.2, 0) is 4.79 Å². The summed E-state index contributed by atoms with van der Waals surface area (Å²) in [5.41, 5.74) is 6.56. The fourth-order valence-electron chi connectivity index (χ4n) is 3.81. The molecule has 1 saturated heterocycles. The average molecular weight is 331 g/mol. The number of ether oxygens (including phenoxy) is 1. The highest BCUT2D eigenvalue weighted by atomic mass is 16.5. The number of hydrogen-bond donors (Lipinski definition) is 2. The third-order valence-electron chi connectivity index (χ3n) is 5.10. The number of amides is 2. The van der Waals surface area contributed by atoms with Gasteiger partial charge in [0, 0.05) is 19.1 Å². The van der Waals surface area contributed by atoms with E-state index in [-0.39, 0.29) is 24.4 Å². The number of likely N-dealkylation sites (tertiary alicyclic amines) is 1. The molecule has 0 spiro atoms. The Morgan fingerprint density at radius 1 is 1.29 bits per heavy atom. The minimum absolute atomic E-state index is 0.00791. The van der Waals surface area contributed by atoms with Crippen molar-refractivity contribution in [2.75, 3.05) is 26.2 Å². The van der Waals surface area contributed by atoms with E-state index < -0.39 is 0 Å². The first-order chi connectivity index (χ1) is 11.6. The van der Waals surface area contributed by atoms with E-state index in [0.717, 1.165) is 25.9 Å². The molecule has 24 heavy (non-hydrogen) atoms. The molecule has 6 nitrogen and oxygen atoms in total. The number of hydrogen-bond acceptors (Lipinski definition) is 4. The van der Waals surface area contributed by atoms with Gasteiger partial charge in [-0.1, -0.05) is 12.1 Å². The Kier molecular flexibility index (Phi) is 5.04. The van der Waals surface area contributed by atoms with Gasteiger partial charge in [0.05, 0.1) is 18.7 Å². The van der Waals surface area contributed by atoms with Crippen LogP contribution >= 0.6 is 0 Å². The van der Waals surface area contributed by atoms with Crippen LogP contribution in [0.25, 0.3) is 0 Å². The summed E-state index contributed by atoms with van der Waals surface area (Å²) in [4.78, 5) is 26.5. The lowest BCUT2D eigenvalue weighted by molar-refractivity contribution is -0.129. The van der Waals surface area contributed by atoms with Gasteiger partial charge in [0.1, 0.15) is 5.75 Å². The van der Waals surface area contributed by atoms with E-state index >= 15 is 0 Å². The van der Waals surface area contributed by atoms with Gasteiger partial charge < -0.3 is 20.7 Å². The fourth-order valence-corrected chi connectivity index (χ4v) is 3.81. The molecule has 130 valence electrons. The number of rotatable bonds is 5. The number of carbonyl (C=O) groups excluding carboxylic acids is 2. The van der Waals surface area contributed by atoms with Crippen LogP contribution in [0.15, 0.2) is 24.3 Å².